The highest BCUT2D eigenvalue weighted by molar-refractivity contribution is 5.72. The number of benzene rings is 3. The minimum Gasteiger partial charge on any atom is -0.490 e. The molecule has 0 atom stereocenters. The topological polar surface area (TPSA) is 9.23 Å². The van der Waals surface area contributed by atoms with Gasteiger partial charge in [-0.2, -0.15) is 4.39 Å². The molecule has 0 heterocycles. The Morgan fingerprint density at radius 2 is 1.32 bits per heavy atom. The van der Waals surface area contributed by atoms with Crippen molar-refractivity contribution in [3.8, 4) is 28.0 Å². The van der Waals surface area contributed by atoms with Crippen LogP contribution < -0.4 is 4.74 Å². The first kappa shape index (κ1) is 30.9. The Hall–Kier alpha value is -3.08. The molecule has 1 aliphatic rings. The fourth-order valence-electron chi connectivity index (χ4n) is 5.95. The first-order valence-corrected chi connectivity index (χ1v) is 15.2. The Balaban J connectivity index is 1.41. The second-order valence-electron chi connectivity index (χ2n) is 11.3. The summed E-state index contributed by atoms with van der Waals surface area (Å²) in [5.41, 5.74) is 1.63. The van der Waals surface area contributed by atoms with Crippen LogP contribution in [0.4, 0.5) is 17.6 Å². The van der Waals surface area contributed by atoms with Crippen molar-refractivity contribution in [2.75, 3.05) is 6.61 Å². The molecule has 0 unspecified atom stereocenters. The quantitative estimate of drug-likeness (QED) is 0.114. The third-order valence-corrected chi connectivity index (χ3v) is 8.44. The highest BCUT2D eigenvalue weighted by atomic mass is 19.2. The molecular formula is C36H42F4O. The smallest absolute Gasteiger partial charge is 0.201 e. The van der Waals surface area contributed by atoms with Crippen LogP contribution >= 0.6 is 0 Å². The van der Waals surface area contributed by atoms with Crippen molar-refractivity contribution in [3.63, 3.8) is 0 Å². The van der Waals surface area contributed by atoms with Gasteiger partial charge in [0.15, 0.2) is 23.2 Å². The lowest BCUT2D eigenvalue weighted by molar-refractivity contribution is 0.285. The van der Waals surface area contributed by atoms with Crippen LogP contribution in [0.3, 0.4) is 0 Å². The van der Waals surface area contributed by atoms with E-state index in [0.717, 1.165) is 70.6 Å². The lowest BCUT2D eigenvalue weighted by Crippen LogP contribution is -2.15. The molecule has 1 saturated carbocycles. The summed E-state index contributed by atoms with van der Waals surface area (Å²) >= 11 is 0. The van der Waals surface area contributed by atoms with Gasteiger partial charge in [-0.25, -0.2) is 13.2 Å². The first-order valence-electron chi connectivity index (χ1n) is 15.2. The van der Waals surface area contributed by atoms with Crippen molar-refractivity contribution in [1.29, 1.82) is 0 Å². The van der Waals surface area contributed by atoms with E-state index in [0.29, 0.717) is 29.2 Å². The minimum atomic E-state index is -1.02. The molecule has 3 aromatic carbocycles. The van der Waals surface area contributed by atoms with Gasteiger partial charge in [0, 0.05) is 11.1 Å². The van der Waals surface area contributed by atoms with Gasteiger partial charge in [0.2, 0.25) is 5.82 Å². The van der Waals surface area contributed by atoms with Crippen LogP contribution in [0.15, 0.2) is 60.7 Å². The molecule has 1 fully saturated rings. The van der Waals surface area contributed by atoms with E-state index in [4.69, 9.17) is 4.74 Å². The molecule has 4 rings (SSSR count). The Bertz CT molecular complexity index is 1290. The summed E-state index contributed by atoms with van der Waals surface area (Å²) in [7, 11) is 0. The van der Waals surface area contributed by atoms with Crippen LogP contribution in [0.1, 0.15) is 96.0 Å². The highest BCUT2D eigenvalue weighted by Crippen LogP contribution is 2.40. The minimum absolute atomic E-state index is 0.0322. The molecule has 0 amide bonds. The van der Waals surface area contributed by atoms with E-state index >= 15 is 8.78 Å². The van der Waals surface area contributed by atoms with Crippen LogP contribution in [-0.2, 0) is 0 Å². The van der Waals surface area contributed by atoms with Gasteiger partial charge in [0.05, 0.1) is 6.61 Å². The second-order valence-corrected chi connectivity index (χ2v) is 11.3. The SMILES string of the molecule is CC=CCCC1CCC(c2ccc(-c3ccc(-c4ccc(OCCCCCCC)c(F)c4F)cc3)c(F)c2F)CC1. The Morgan fingerprint density at radius 3 is 1.95 bits per heavy atom. The zero-order chi connectivity index (χ0) is 29.2. The molecule has 0 N–H and O–H groups in total. The van der Waals surface area contributed by atoms with Crippen molar-refractivity contribution in [2.24, 2.45) is 5.92 Å². The zero-order valence-electron chi connectivity index (χ0n) is 24.3. The van der Waals surface area contributed by atoms with E-state index in [1.54, 1.807) is 36.4 Å². The van der Waals surface area contributed by atoms with E-state index in [9.17, 15) is 8.78 Å². The Labute approximate surface area is 242 Å². The average Bonchev–Trinajstić information content (AvgIpc) is 2.99. The third-order valence-electron chi connectivity index (χ3n) is 8.44. The normalized spacial score (nSPS) is 17.3. The fourth-order valence-corrected chi connectivity index (χ4v) is 5.95. The lowest BCUT2D eigenvalue weighted by atomic mass is 9.77. The van der Waals surface area contributed by atoms with Gasteiger partial charge < -0.3 is 4.74 Å². The molecule has 220 valence electrons. The van der Waals surface area contributed by atoms with Crippen LogP contribution in [-0.4, -0.2) is 6.61 Å². The van der Waals surface area contributed by atoms with E-state index < -0.39 is 23.3 Å². The maximum atomic E-state index is 15.3. The summed E-state index contributed by atoms with van der Waals surface area (Å²) in [6.45, 7) is 4.50. The molecule has 0 saturated heterocycles. The molecule has 1 nitrogen and oxygen atoms in total. The third kappa shape index (κ3) is 7.81. The van der Waals surface area contributed by atoms with Gasteiger partial charge in [-0.05, 0) is 92.5 Å². The summed E-state index contributed by atoms with van der Waals surface area (Å²) < 4.78 is 65.6. The molecule has 0 aromatic heterocycles. The molecule has 0 bridgehead atoms. The lowest BCUT2D eigenvalue weighted by Gasteiger charge is -2.29. The summed E-state index contributed by atoms with van der Waals surface area (Å²) in [5.74, 6) is -3.06. The van der Waals surface area contributed by atoms with E-state index in [1.165, 1.54) is 12.1 Å². The largest absolute Gasteiger partial charge is 0.490 e. The van der Waals surface area contributed by atoms with Crippen molar-refractivity contribution in [2.45, 2.75) is 90.4 Å². The van der Waals surface area contributed by atoms with Crippen molar-refractivity contribution in [1.82, 2.24) is 0 Å². The maximum Gasteiger partial charge on any atom is 0.201 e. The maximum absolute atomic E-state index is 15.3. The highest BCUT2D eigenvalue weighted by Gasteiger charge is 2.26. The number of unbranched alkanes of at least 4 members (excludes halogenated alkanes) is 4. The van der Waals surface area contributed by atoms with Crippen LogP contribution in [0, 0.1) is 29.2 Å². The van der Waals surface area contributed by atoms with Gasteiger partial charge >= 0.3 is 0 Å². The van der Waals surface area contributed by atoms with Gasteiger partial charge in [-0.1, -0.05) is 81.2 Å². The first-order chi connectivity index (χ1) is 19.9. The Kier molecular flexibility index (Phi) is 11.5. The number of halogens is 4. The van der Waals surface area contributed by atoms with Crippen molar-refractivity contribution < 1.29 is 22.3 Å². The number of ether oxygens (including phenoxy) is 1. The summed E-state index contributed by atoms with van der Waals surface area (Å²) in [4.78, 5) is 0. The van der Waals surface area contributed by atoms with Crippen LogP contribution in [0.2, 0.25) is 0 Å². The van der Waals surface area contributed by atoms with Gasteiger partial charge in [0.1, 0.15) is 0 Å². The van der Waals surface area contributed by atoms with Gasteiger partial charge in [-0.15, -0.1) is 0 Å². The van der Waals surface area contributed by atoms with Gasteiger partial charge in [0.25, 0.3) is 0 Å². The molecule has 41 heavy (non-hydrogen) atoms. The van der Waals surface area contributed by atoms with Crippen molar-refractivity contribution >= 4 is 0 Å². The second kappa shape index (κ2) is 15.2. The van der Waals surface area contributed by atoms with Gasteiger partial charge in [-0.3, -0.25) is 0 Å². The molecule has 0 radical (unpaired) electrons. The standard InChI is InChI=1S/C36H42F4O/c1-3-5-7-8-10-24-41-32-23-22-31(35(39)36(32)40)28-18-16-27(17-19-28)30-21-20-29(33(37)34(30)38)26-14-12-25(13-15-26)11-9-6-4-2/h4,6,16-23,25-26H,3,5,7-15,24H2,1-2H3. The number of hydrogen-bond acceptors (Lipinski definition) is 1. The Morgan fingerprint density at radius 1 is 0.707 bits per heavy atom. The number of hydrogen-bond donors (Lipinski definition) is 0. The van der Waals surface area contributed by atoms with E-state index in [-0.39, 0.29) is 22.8 Å². The van der Waals surface area contributed by atoms with Crippen LogP contribution in [0.25, 0.3) is 22.3 Å². The zero-order valence-corrected chi connectivity index (χ0v) is 24.3. The molecular weight excluding hydrogens is 524 g/mol. The predicted octanol–water partition coefficient (Wildman–Crippen LogP) is 11.6. The molecule has 0 spiro atoms. The van der Waals surface area contributed by atoms with E-state index in [1.807, 2.05) is 6.92 Å². The average molecular weight is 567 g/mol. The predicted molar refractivity (Wildman–Crippen MR) is 160 cm³/mol. The molecule has 0 aliphatic heterocycles. The monoisotopic (exact) mass is 566 g/mol. The fraction of sp³-hybridized carbons (Fsp3) is 0.444. The molecule has 3 aromatic rings. The van der Waals surface area contributed by atoms with Crippen molar-refractivity contribution in [3.05, 3.63) is 89.5 Å². The molecule has 5 heteroatoms. The summed E-state index contributed by atoms with van der Waals surface area (Å²) in [6.07, 6.45) is 15.5. The van der Waals surface area contributed by atoms with Crippen LogP contribution in [0.5, 0.6) is 5.75 Å². The summed E-state index contributed by atoms with van der Waals surface area (Å²) in [5, 5.41) is 0. The number of rotatable bonds is 13. The number of allylic oxidation sites excluding steroid dienone is 2. The van der Waals surface area contributed by atoms with E-state index in [2.05, 4.69) is 19.1 Å². The summed E-state index contributed by atoms with van der Waals surface area (Å²) in [6, 6.07) is 12.7. The molecule has 1 aliphatic carbocycles.